The van der Waals surface area contributed by atoms with Gasteiger partial charge < -0.3 is 4.74 Å². The predicted molar refractivity (Wildman–Crippen MR) is 76.2 cm³/mol. The molecule has 0 spiro atoms. The number of rotatable bonds is 3. The molecular formula is C17H13NO. The Balaban J connectivity index is 1.89. The van der Waals surface area contributed by atoms with Crippen molar-refractivity contribution < 1.29 is 4.74 Å². The van der Waals surface area contributed by atoms with E-state index in [4.69, 9.17) is 4.74 Å². The molecule has 2 nitrogen and oxygen atoms in total. The molecule has 1 heterocycles. The third kappa shape index (κ3) is 2.80. The van der Waals surface area contributed by atoms with Crippen LogP contribution < -0.4 is 4.74 Å². The molecule has 2 aromatic carbocycles. The maximum atomic E-state index is 5.82. The Morgan fingerprint density at radius 2 is 1.37 bits per heavy atom. The number of hydrogen-bond donors (Lipinski definition) is 0. The molecule has 0 fully saturated rings. The molecule has 3 rings (SSSR count). The minimum Gasteiger partial charge on any atom is -0.457 e. The summed E-state index contributed by atoms with van der Waals surface area (Å²) < 4.78 is 5.82. The van der Waals surface area contributed by atoms with Gasteiger partial charge in [0.2, 0.25) is 0 Å². The SMILES string of the molecule is c1ccc(Oc2cccc(-c3ccncc3)c2)cc1. The molecule has 2 heteroatoms. The van der Waals surface area contributed by atoms with Gasteiger partial charge >= 0.3 is 0 Å². The summed E-state index contributed by atoms with van der Waals surface area (Å²) in [7, 11) is 0. The number of pyridine rings is 1. The van der Waals surface area contributed by atoms with Crippen LogP contribution >= 0.6 is 0 Å². The molecule has 0 N–H and O–H groups in total. The van der Waals surface area contributed by atoms with Crippen molar-refractivity contribution in [2.24, 2.45) is 0 Å². The van der Waals surface area contributed by atoms with E-state index >= 15 is 0 Å². The second kappa shape index (κ2) is 5.36. The van der Waals surface area contributed by atoms with Crippen LogP contribution in [0.25, 0.3) is 11.1 Å². The highest BCUT2D eigenvalue weighted by Gasteiger charge is 2.00. The van der Waals surface area contributed by atoms with Gasteiger partial charge in [-0.3, -0.25) is 4.98 Å². The summed E-state index contributed by atoms with van der Waals surface area (Å²) in [5.41, 5.74) is 2.25. The maximum absolute atomic E-state index is 5.82. The van der Waals surface area contributed by atoms with Gasteiger partial charge in [-0.2, -0.15) is 0 Å². The Labute approximate surface area is 112 Å². The summed E-state index contributed by atoms with van der Waals surface area (Å²) in [6, 6.07) is 21.8. The van der Waals surface area contributed by atoms with Crippen molar-refractivity contribution in [1.82, 2.24) is 4.98 Å². The number of ether oxygens (including phenoxy) is 1. The van der Waals surface area contributed by atoms with Crippen molar-refractivity contribution in [3.8, 4) is 22.6 Å². The summed E-state index contributed by atoms with van der Waals surface area (Å²) in [5, 5.41) is 0. The van der Waals surface area contributed by atoms with Crippen molar-refractivity contribution in [3.05, 3.63) is 79.1 Å². The molecular weight excluding hydrogens is 234 g/mol. The zero-order valence-electron chi connectivity index (χ0n) is 10.4. The molecule has 0 aliphatic rings. The first kappa shape index (κ1) is 11.5. The van der Waals surface area contributed by atoms with E-state index < -0.39 is 0 Å². The lowest BCUT2D eigenvalue weighted by Crippen LogP contribution is -1.85. The van der Waals surface area contributed by atoms with E-state index in [1.807, 2.05) is 60.7 Å². The van der Waals surface area contributed by atoms with Crippen molar-refractivity contribution in [1.29, 1.82) is 0 Å². The Kier molecular flexibility index (Phi) is 3.24. The molecule has 92 valence electrons. The van der Waals surface area contributed by atoms with Crippen LogP contribution in [0.2, 0.25) is 0 Å². The second-order valence-electron chi connectivity index (χ2n) is 4.18. The third-order valence-electron chi connectivity index (χ3n) is 2.83. The molecule has 0 atom stereocenters. The smallest absolute Gasteiger partial charge is 0.128 e. The van der Waals surface area contributed by atoms with Crippen molar-refractivity contribution in [3.63, 3.8) is 0 Å². The normalized spacial score (nSPS) is 10.1. The van der Waals surface area contributed by atoms with E-state index in [2.05, 4.69) is 11.1 Å². The van der Waals surface area contributed by atoms with E-state index in [1.54, 1.807) is 12.4 Å². The summed E-state index contributed by atoms with van der Waals surface area (Å²) >= 11 is 0. The van der Waals surface area contributed by atoms with Crippen molar-refractivity contribution in [2.75, 3.05) is 0 Å². The van der Waals surface area contributed by atoms with Crippen LogP contribution in [0, 0.1) is 0 Å². The molecule has 1 aromatic heterocycles. The molecule has 3 aromatic rings. The van der Waals surface area contributed by atoms with Gasteiger partial charge in [0.05, 0.1) is 0 Å². The fourth-order valence-electron chi connectivity index (χ4n) is 1.91. The third-order valence-corrected chi connectivity index (χ3v) is 2.83. The predicted octanol–water partition coefficient (Wildman–Crippen LogP) is 4.54. The summed E-state index contributed by atoms with van der Waals surface area (Å²) in [6.45, 7) is 0. The quantitative estimate of drug-likeness (QED) is 0.677. The Morgan fingerprint density at radius 3 is 2.16 bits per heavy atom. The summed E-state index contributed by atoms with van der Waals surface area (Å²) in [5.74, 6) is 1.68. The van der Waals surface area contributed by atoms with Crippen LogP contribution in [-0.4, -0.2) is 4.98 Å². The number of nitrogens with zero attached hydrogens (tertiary/aromatic N) is 1. The topological polar surface area (TPSA) is 22.1 Å². The molecule has 0 aliphatic heterocycles. The van der Waals surface area contributed by atoms with Crippen LogP contribution in [0.5, 0.6) is 11.5 Å². The molecule has 0 aliphatic carbocycles. The standard InChI is InChI=1S/C17H13NO/c1-2-6-16(7-3-1)19-17-8-4-5-15(13-17)14-9-11-18-12-10-14/h1-13H. The first-order valence-electron chi connectivity index (χ1n) is 6.15. The van der Waals surface area contributed by atoms with Crippen molar-refractivity contribution >= 4 is 0 Å². The van der Waals surface area contributed by atoms with Crippen molar-refractivity contribution in [2.45, 2.75) is 0 Å². The van der Waals surface area contributed by atoms with E-state index in [0.717, 1.165) is 22.6 Å². The van der Waals surface area contributed by atoms with Gasteiger partial charge in [0.15, 0.2) is 0 Å². The van der Waals surface area contributed by atoms with Crippen LogP contribution in [0.15, 0.2) is 79.1 Å². The lowest BCUT2D eigenvalue weighted by atomic mass is 10.1. The van der Waals surface area contributed by atoms with Gasteiger partial charge in [-0.1, -0.05) is 30.3 Å². The van der Waals surface area contributed by atoms with E-state index in [1.165, 1.54) is 0 Å². The lowest BCUT2D eigenvalue weighted by Gasteiger charge is -2.07. The summed E-state index contributed by atoms with van der Waals surface area (Å²) in [6.07, 6.45) is 3.58. The van der Waals surface area contributed by atoms with Crippen LogP contribution in [0.4, 0.5) is 0 Å². The van der Waals surface area contributed by atoms with Gasteiger partial charge in [0, 0.05) is 12.4 Å². The molecule has 19 heavy (non-hydrogen) atoms. The highest BCUT2D eigenvalue weighted by Crippen LogP contribution is 2.26. The Morgan fingerprint density at radius 1 is 0.632 bits per heavy atom. The zero-order chi connectivity index (χ0) is 12.9. The second-order valence-corrected chi connectivity index (χ2v) is 4.18. The zero-order valence-corrected chi connectivity index (χ0v) is 10.4. The fraction of sp³-hybridized carbons (Fsp3) is 0. The van der Waals surface area contributed by atoms with Gasteiger partial charge in [-0.05, 0) is 47.5 Å². The Bertz CT molecular complexity index is 650. The number of benzene rings is 2. The van der Waals surface area contributed by atoms with Gasteiger partial charge in [-0.25, -0.2) is 0 Å². The van der Waals surface area contributed by atoms with E-state index in [-0.39, 0.29) is 0 Å². The highest BCUT2D eigenvalue weighted by atomic mass is 16.5. The van der Waals surface area contributed by atoms with Crippen LogP contribution in [-0.2, 0) is 0 Å². The first-order chi connectivity index (χ1) is 9.42. The fourth-order valence-corrected chi connectivity index (χ4v) is 1.91. The van der Waals surface area contributed by atoms with Crippen LogP contribution in [0.3, 0.4) is 0 Å². The van der Waals surface area contributed by atoms with Crippen LogP contribution in [0.1, 0.15) is 0 Å². The number of para-hydroxylation sites is 1. The minimum atomic E-state index is 0.834. The number of hydrogen-bond acceptors (Lipinski definition) is 2. The molecule has 0 amide bonds. The largest absolute Gasteiger partial charge is 0.457 e. The van der Waals surface area contributed by atoms with Gasteiger partial charge in [0.1, 0.15) is 11.5 Å². The lowest BCUT2D eigenvalue weighted by molar-refractivity contribution is 0.483. The van der Waals surface area contributed by atoms with E-state index in [0.29, 0.717) is 0 Å². The number of aromatic nitrogens is 1. The molecule has 0 radical (unpaired) electrons. The maximum Gasteiger partial charge on any atom is 0.128 e. The molecule has 0 saturated carbocycles. The first-order valence-corrected chi connectivity index (χ1v) is 6.15. The van der Waals surface area contributed by atoms with Gasteiger partial charge in [0.25, 0.3) is 0 Å². The average Bonchev–Trinajstić information content (AvgIpc) is 2.49. The average molecular weight is 247 g/mol. The highest BCUT2D eigenvalue weighted by molar-refractivity contribution is 5.64. The summed E-state index contributed by atoms with van der Waals surface area (Å²) in [4.78, 5) is 4.03. The monoisotopic (exact) mass is 247 g/mol. The molecule has 0 saturated heterocycles. The molecule has 0 unspecified atom stereocenters. The minimum absolute atomic E-state index is 0.834. The van der Waals surface area contributed by atoms with E-state index in [9.17, 15) is 0 Å². The molecule has 0 bridgehead atoms. The Hall–Kier alpha value is -2.61. The van der Waals surface area contributed by atoms with Gasteiger partial charge in [-0.15, -0.1) is 0 Å².